The molecule has 1 fully saturated rings. The number of amides is 1. The quantitative estimate of drug-likeness (QED) is 0.912. The predicted molar refractivity (Wildman–Crippen MR) is 94.4 cm³/mol. The maximum atomic E-state index is 12.4. The molecule has 1 saturated heterocycles. The predicted octanol–water partition coefficient (Wildman–Crippen LogP) is 2.59. The van der Waals surface area contributed by atoms with Crippen LogP contribution in [0.5, 0.6) is 0 Å². The first kappa shape index (κ1) is 15.7. The van der Waals surface area contributed by atoms with Crippen LogP contribution in [0.4, 0.5) is 5.69 Å². The summed E-state index contributed by atoms with van der Waals surface area (Å²) in [6.45, 7) is 5.38. The summed E-state index contributed by atoms with van der Waals surface area (Å²) in [4.78, 5) is 14.7. The van der Waals surface area contributed by atoms with Gasteiger partial charge in [-0.2, -0.15) is 0 Å². The van der Waals surface area contributed by atoms with Crippen LogP contribution in [0.15, 0.2) is 54.6 Å². The van der Waals surface area contributed by atoms with Crippen molar-refractivity contribution in [2.45, 2.75) is 13.0 Å². The Labute approximate surface area is 137 Å². The normalized spacial score (nSPS) is 18.6. The van der Waals surface area contributed by atoms with Gasteiger partial charge in [-0.1, -0.05) is 48.5 Å². The molecule has 2 aromatic carbocycles. The minimum atomic E-state index is 0.0436. The molecule has 1 atom stereocenters. The summed E-state index contributed by atoms with van der Waals surface area (Å²) in [5.41, 5.74) is 3.03. The molecule has 1 aliphatic heterocycles. The van der Waals surface area contributed by atoms with E-state index >= 15 is 0 Å². The highest BCUT2D eigenvalue weighted by Gasteiger charge is 2.20. The Bertz CT molecular complexity index is 657. The standard InChI is InChI=1S/C19H23N3O/c1-15-13-20-11-12-22(15)14-19(23)21-18-10-6-5-9-17(18)16-7-3-2-4-8-16/h2-10,15,20H,11-14H2,1H3,(H,21,23)/t15-/m1/s1. The fraction of sp³-hybridized carbons (Fsp3) is 0.316. The Kier molecular flexibility index (Phi) is 5.05. The van der Waals surface area contributed by atoms with Crippen LogP contribution in [0.3, 0.4) is 0 Å². The number of piperazine rings is 1. The summed E-state index contributed by atoms with van der Waals surface area (Å²) < 4.78 is 0. The third-order valence-electron chi connectivity index (χ3n) is 4.27. The van der Waals surface area contributed by atoms with E-state index in [-0.39, 0.29) is 5.91 Å². The molecule has 0 radical (unpaired) electrons. The number of nitrogens with zero attached hydrogens (tertiary/aromatic N) is 1. The number of anilines is 1. The first-order chi connectivity index (χ1) is 11.2. The van der Waals surface area contributed by atoms with E-state index in [1.165, 1.54) is 0 Å². The molecule has 0 aliphatic carbocycles. The van der Waals surface area contributed by atoms with Gasteiger partial charge in [0.1, 0.15) is 0 Å². The zero-order valence-corrected chi connectivity index (χ0v) is 13.5. The van der Waals surface area contributed by atoms with Crippen LogP contribution in [0.1, 0.15) is 6.92 Å². The molecule has 1 heterocycles. The second-order valence-electron chi connectivity index (χ2n) is 5.98. The van der Waals surface area contributed by atoms with Gasteiger partial charge >= 0.3 is 0 Å². The molecule has 4 nitrogen and oxygen atoms in total. The highest BCUT2D eigenvalue weighted by molar-refractivity contribution is 5.96. The first-order valence-corrected chi connectivity index (χ1v) is 8.13. The molecule has 120 valence electrons. The number of carbonyl (C=O) groups is 1. The third-order valence-corrected chi connectivity index (χ3v) is 4.27. The summed E-state index contributed by atoms with van der Waals surface area (Å²) in [7, 11) is 0. The summed E-state index contributed by atoms with van der Waals surface area (Å²) in [5.74, 6) is 0.0436. The molecule has 2 aromatic rings. The zero-order chi connectivity index (χ0) is 16.1. The fourth-order valence-corrected chi connectivity index (χ4v) is 2.95. The smallest absolute Gasteiger partial charge is 0.238 e. The van der Waals surface area contributed by atoms with Crippen molar-refractivity contribution in [3.8, 4) is 11.1 Å². The van der Waals surface area contributed by atoms with Crippen molar-refractivity contribution in [1.82, 2.24) is 10.2 Å². The van der Waals surface area contributed by atoms with Gasteiger partial charge in [0.25, 0.3) is 0 Å². The molecule has 0 saturated carbocycles. The number of hydrogen-bond donors (Lipinski definition) is 2. The van der Waals surface area contributed by atoms with E-state index in [0.29, 0.717) is 12.6 Å². The van der Waals surface area contributed by atoms with Gasteiger partial charge in [-0.05, 0) is 18.6 Å². The van der Waals surface area contributed by atoms with Gasteiger partial charge in [-0.3, -0.25) is 9.69 Å². The van der Waals surface area contributed by atoms with Gasteiger partial charge < -0.3 is 10.6 Å². The van der Waals surface area contributed by atoms with E-state index in [1.54, 1.807) is 0 Å². The van der Waals surface area contributed by atoms with E-state index < -0.39 is 0 Å². The highest BCUT2D eigenvalue weighted by atomic mass is 16.2. The fourth-order valence-electron chi connectivity index (χ4n) is 2.95. The molecule has 2 N–H and O–H groups in total. The van der Waals surface area contributed by atoms with Crippen LogP contribution < -0.4 is 10.6 Å². The van der Waals surface area contributed by atoms with Gasteiger partial charge in [0, 0.05) is 36.9 Å². The Morgan fingerprint density at radius 3 is 2.70 bits per heavy atom. The molecule has 1 amide bonds. The lowest BCUT2D eigenvalue weighted by atomic mass is 10.0. The minimum absolute atomic E-state index is 0.0436. The monoisotopic (exact) mass is 309 g/mol. The molecule has 4 heteroatoms. The van der Waals surface area contributed by atoms with Crippen molar-refractivity contribution in [3.05, 3.63) is 54.6 Å². The van der Waals surface area contributed by atoms with E-state index in [0.717, 1.165) is 36.4 Å². The summed E-state index contributed by atoms with van der Waals surface area (Å²) in [6, 6.07) is 18.5. The molecule has 0 bridgehead atoms. The van der Waals surface area contributed by atoms with Crippen molar-refractivity contribution in [2.75, 3.05) is 31.5 Å². The van der Waals surface area contributed by atoms with Gasteiger partial charge in [0.05, 0.1) is 6.54 Å². The average molecular weight is 309 g/mol. The molecule has 0 spiro atoms. The lowest BCUT2D eigenvalue weighted by Crippen LogP contribution is -2.52. The topological polar surface area (TPSA) is 44.4 Å². The molecule has 0 unspecified atom stereocenters. The second kappa shape index (κ2) is 7.40. The Balaban J connectivity index is 1.72. The number of hydrogen-bond acceptors (Lipinski definition) is 3. The number of para-hydroxylation sites is 1. The van der Waals surface area contributed by atoms with Crippen LogP contribution in [0.2, 0.25) is 0 Å². The van der Waals surface area contributed by atoms with Gasteiger partial charge in [0.2, 0.25) is 5.91 Å². The Morgan fingerprint density at radius 2 is 1.91 bits per heavy atom. The van der Waals surface area contributed by atoms with Crippen LogP contribution in [-0.2, 0) is 4.79 Å². The lowest BCUT2D eigenvalue weighted by Gasteiger charge is -2.33. The number of benzene rings is 2. The van der Waals surface area contributed by atoms with Gasteiger partial charge in [-0.15, -0.1) is 0 Å². The van der Waals surface area contributed by atoms with Crippen LogP contribution >= 0.6 is 0 Å². The Hall–Kier alpha value is -2.17. The second-order valence-corrected chi connectivity index (χ2v) is 5.98. The first-order valence-electron chi connectivity index (χ1n) is 8.13. The van der Waals surface area contributed by atoms with Crippen molar-refractivity contribution in [2.24, 2.45) is 0 Å². The Morgan fingerprint density at radius 1 is 1.17 bits per heavy atom. The van der Waals surface area contributed by atoms with Crippen molar-refractivity contribution < 1.29 is 4.79 Å². The molecule has 0 aromatic heterocycles. The van der Waals surface area contributed by atoms with Crippen LogP contribution in [-0.4, -0.2) is 43.0 Å². The minimum Gasteiger partial charge on any atom is -0.324 e. The van der Waals surface area contributed by atoms with E-state index in [4.69, 9.17) is 0 Å². The number of rotatable bonds is 4. The maximum absolute atomic E-state index is 12.4. The van der Waals surface area contributed by atoms with E-state index in [9.17, 15) is 4.79 Å². The summed E-state index contributed by atoms with van der Waals surface area (Å²) in [5, 5.41) is 6.42. The largest absolute Gasteiger partial charge is 0.324 e. The molecular formula is C19H23N3O. The van der Waals surface area contributed by atoms with Gasteiger partial charge in [0.15, 0.2) is 0 Å². The highest BCUT2D eigenvalue weighted by Crippen LogP contribution is 2.27. The van der Waals surface area contributed by atoms with Crippen LogP contribution in [0.25, 0.3) is 11.1 Å². The zero-order valence-electron chi connectivity index (χ0n) is 13.5. The van der Waals surface area contributed by atoms with E-state index in [2.05, 4.69) is 34.6 Å². The average Bonchev–Trinajstić information content (AvgIpc) is 2.58. The molecular weight excluding hydrogens is 286 g/mol. The SMILES string of the molecule is C[C@@H]1CNCCN1CC(=O)Nc1ccccc1-c1ccccc1. The van der Waals surface area contributed by atoms with Crippen molar-refractivity contribution >= 4 is 11.6 Å². The molecule has 1 aliphatic rings. The lowest BCUT2D eigenvalue weighted by molar-refractivity contribution is -0.118. The summed E-state index contributed by atoms with van der Waals surface area (Å²) in [6.07, 6.45) is 0. The van der Waals surface area contributed by atoms with Crippen LogP contribution in [0, 0.1) is 0 Å². The number of carbonyl (C=O) groups excluding carboxylic acids is 1. The maximum Gasteiger partial charge on any atom is 0.238 e. The van der Waals surface area contributed by atoms with E-state index in [1.807, 2.05) is 42.5 Å². The third kappa shape index (κ3) is 3.97. The van der Waals surface area contributed by atoms with Crippen molar-refractivity contribution in [1.29, 1.82) is 0 Å². The number of nitrogens with one attached hydrogen (secondary N) is 2. The molecule has 3 rings (SSSR count). The van der Waals surface area contributed by atoms with Crippen molar-refractivity contribution in [3.63, 3.8) is 0 Å². The van der Waals surface area contributed by atoms with Gasteiger partial charge in [-0.25, -0.2) is 0 Å². The molecule has 23 heavy (non-hydrogen) atoms. The summed E-state index contributed by atoms with van der Waals surface area (Å²) >= 11 is 0.